The van der Waals surface area contributed by atoms with Crippen LogP contribution in [-0.4, -0.2) is 38.0 Å². The van der Waals surface area contributed by atoms with Crippen molar-refractivity contribution in [3.05, 3.63) is 66.3 Å². The molecule has 2 aromatic heterocycles. The van der Waals surface area contributed by atoms with E-state index in [-0.39, 0.29) is 0 Å². The lowest BCUT2D eigenvalue weighted by Crippen LogP contribution is -2.30. The highest BCUT2D eigenvalue weighted by Gasteiger charge is 2.25. The normalized spacial score (nSPS) is 12.4. The van der Waals surface area contributed by atoms with Crippen LogP contribution in [0, 0.1) is 0 Å². The Kier molecular flexibility index (Phi) is 4.20. The van der Waals surface area contributed by atoms with Crippen molar-refractivity contribution >= 4 is 5.97 Å². The van der Waals surface area contributed by atoms with Crippen molar-refractivity contribution in [3.63, 3.8) is 0 Å². The van der Waals surface area contributed by atoms with Crippen LogP contribution in [0.4, 0.5) is 0 Å². The fraction of sp³-hybridized carbons (Fsp3) is 0.188. The molecule has 0 radical (unpaired) electrons. The summed E-state index contributed by atoms with van der Waals surface area (Å²) in [4.78, 5) is 13.4. The molecule has 0 fully saturated rings. The number of likely N-dealkylation sites (N-methyl/N-ethyl adjacent to an activating group) is 1. The molecule has 1 aromatic carbocycles. The van der Waals surface area contributed by atoms with Gasteiger partial charge >= 0.3 is 5.97 Å². The maximum absolute atomic E-state index is 11.7. The Hall–Kier alpha value is -2.93. The summed E-state index contributed by atoms with van der Waals surface area (Å²) in [5.41, 5.74) is 2.26. The maximum Gasteiger partial charge on any atom is 0.325 e. The van der Waals surface area contributed by atoms with Crippen molar-refractivity contribution < 1.29 is 14.4 Å². The van der Waals surface area contributed by atoms with Crippen LogP contribution >= 0.6 is 0 Å². The summed E-state index contributed by atoms with van der Waals surface area (Å²) in [5.74, 6) is -0.914. The molecule has 3 rings (SSSR count). The first-order valence-electron chi connectivity index (χ1n) is 7.07. The number of carboxylic acids is 1. The number of carboxylic acid groups (broad SMARTS) is 1. The summed E-state index contributed by atoms with van der Waals surface area (Å²) in [5, 5.41) is 17.5. The summed E-state index contributed by atoms with van der Waals surface area (Å²) < 4.78 is 6.51. The molecule has 0 saturated carbocycles. The fourth-order valence-electron chi connectivity index (χ4n) is 2.48. The molecular formula is C16H16N4O3. The van der Waals surface area contributed by atoms with E-state index >= 15 is 0 Å². The molecular weight excluding hydrogens is 296 g/mol. The third-order valence-electron chi connectivity index (χ3n) is 3.56. The topological polar surface area (TPSA) is 84.4 Å². The zero-order valence-electron chi connectivity index (χ0n) is 12.5. The van der Waals surface area contributed by atoms with Crippen LogP contribution in [-0.2, 0) is 11.3 Å². The summed E-state index contributed by atoms with van der Waals surface area (Å²) in [6.07, 6.45) is 5.00. The van der Waals surface area contributed by atoms with Crippen molar-refractivity contribution in [1.82, 2.24) is 19.8 Å². The smallest absolute Gasteiger partial charge is 0.325 e. The molecule has 1 N–H and O–H groups in total. The molecule has 118 valence electrons. The van der Waals surface area contributed by atoms with Crippen LogP contribution in [0.5, 0.6) is 0 Å². The molecule has 0 aliphatic carbocycles. The molecule has 0 bridgehead atoms. The molecule has 0 aliphatic rings. The molecule has 0 aliphatic heterocycles. The van der Waals surface area contributed by atoms with Gasteiger partial charge in [-0.25, -0.2) is 4.68 Å². The minimum absolute atomic E-state index is 0.383. The van der Waals surface area contributed by atoms with E-state index < -0.39 is 12.0 Å². The number of aromatic nitrogens is 3. The number of aliphatic carboxylic acids is 1. The van der Waals surface area contributed by atoms with Crippen LogP contribution < -0.4 is 0 Å². The van der Waals surface area contributed by atoms with Gasteiger partial charge in [0.05, 0.1) is 11.4 Å². The van der Waals surface area contributed by atoms with Crippen molar-refractivity contribution in [1.29, 1.82) is 0 Å². The average Bonchev–Trinajstić information content (AvgIpc) is 3.20. The number of hydrogen-bond donors (Lipinski definition) is 1. The van der Waals surface area contributed by atoms with Gasteiger partial charge in [0.25, 0.3) is 0 Å². The third-order valence-corrected chi connectivity index (χ3v) is 3.56. The second-order valence-corrected chi connectivity index (χ2v) is 5.19. The van der Waals surface area contributed by atoms with Crippen molar-refractivity contribution in [3.8, 4) is 5.69 Å². The van der Waals surface area contributed by atoms with Crippen LogP contribution in [0.2, 0.25) is 0 Å². The Balaban J connectivity index is 1.82. The fourth-order valence-corrected chi connectivity index (χ4v) is 2.48. The molecule has 7 nitrogen and oxygen atoms in total. The number of hydrogen-bond acceptors (Lipinski definition) is 5. The van der Waals surface area contributed by atoms with E-state index in [0.29, 0.717) is 17.8 Å². The van der Waals surface area contributed by atoms with E-state index in [1.165, 1.54) is 6.26 Å². The van der Waals surface area contributed by atoms with Gasteiger partial charge in [-0.05, 0) is 30.8 Å². The molecule has 0 amide bonds. The average molecular weight is 312 g/mol. The van der Waals surface area contributed by atoms with Gasteiger partial charge in [-0.1, -0.05) is 17.3 Å². The Morgan fingerprint density at radius 1 is 1.35 bits per heavy atom. The number of nitrogens with zero attached hydrogens (tertiary/aromatic N) is 4. The molecule has 2 heterocycles. The highest BCUT2D eigenvalue weighted by molar-refractivity contribution is 5.75. The van der Waals surface area contributed by atoms with Crippen LogP contribution in [0.15, 0.2) is 59.6 Å². The first-order chi connectivity index (χ1) is 11.1. The minimum Gasteiger partial charge on any atom is -0.480 e. The standard InChI is InChI=1S/C16H16N4O3/c1-19(11-13-7-10-23-18-13)15(16(21)22)12-3-5-14(6-4-12)20-9-2-8-17-20/h2-10,15H,11H2,1H3,(H,21,22)/t15-/m0/s1. The molecule has 23 heavy (non-hydrogen) atoms. The minimum atomic E-state index is -0.914. The zero-order chi connectivity index (χ0) is 16.2. The van der Waals surface area contributed by atoms with E-state index in [2.05, 4.69) is 10.3 Å². The Morgan fingerprint density at radius 2 is 2.13 bits per heavy atom. The number of rotatable bonds is 6. The quantitative estimate of drug-likeness (QED) is 0.750. The summed E-state index contributed by atoms with van der Waals surface area (Å²) >= 11 is 0. The molecule has 0 spiro atoms. The van der Waals surface area contributed by atoms with E-state index in [4.69, 9.17) is 4.52 Å². The Labute approximate surface area is 132 Å². The van der Waals surface area contributed by atoms with Gasteiger partial charge in [-0.15, -0.1) is 0 Å². The van der Waals surface area contributed by atoms with Crippen molar-refractivity contribution in [2.45, 2.75) is 12.6 Å². The lowest BCUT2D eigenvalue weighted by molar-refractivity contribution is -0.143. The lowest BCUT2D eigenvalue weighted by Gasteiger charge is -2.24. The summed E-state index contributed by atoms with van der Waals surface area (Å²) in [7, 11) is 1.74. The molecule has 3 aromatic rings. The predicted octanol–water partition coefficient (Wildman–Crippen LogP) is 2.12. The monoisotopic (exact) mass is 312 g/mol. The van der Waals surface area contributed by atoms with Gasteiger partial charge in [0.2, 0.25) is 0 Å². The van der Waals surface area contributed by atoms with Gasteiger partial charge in [0, 0.05) is 25.0 Å². The van der Waals surface area contributed by atoms with Crippen LogP contribution in [0.1, 0.15) is 17.3 Å². The summed E-state index contributed by atoms with van der Waals surface area (Å²) in [6, 6.07) is 10.1. The van der Waals surface area contributed by atoms with E-state index in [1.54, 1.807) is 41.0 Å². The van der Waals surface area contributed by atoms with Gasteiger partial charge in [0.15, 0.2) is 0 Å². The molecule has 7 heteroatoms. The zero-order valence-corrected chi connectivity index (χ0v) is 12.5. The number of benzene rings is 1. The maximum atomic E-state index is 11.7. The van der Waals surface area contributed by atoms with Crippen LogP contribution in [0.3, 0.4) is 0 Å². The Morgan fingerprint density at radius 3 is 2.70 bits per heavy atom. The first kappa shape index (κ1) is 15.0. The molecule has 0 unspecified atom stereocenters. The lowest BCUT2D eigenvalue weighted by atomic mass is 10.1. The largest absolute Gasteiger partial charge is 0.480 e. The second kappa shape index (κ2) is 6.45. The summed E-state index contributed by atoms with van der Waals surface area (Å²) in [6.45, 7) is 0.383. The highest BCUT2D eigenvalue weighted by Crippen LogP contribution is 2.22. The number of carbonyl (C=O) groups is 1. The van der Waals surface area contributed by atoms with Crippen molar-refractivity contribution in [2.24, 2.45) is 0 Å². The Bertz CT molecular complexity index is 751. The first-order valence-corrected chi connectivity index (χ1v) is 7.07. The van der Waals surface area contributed by atoms with Gasteiger partial charge < -0.3 is 9.63 Å². The van der Waals surface area contributed by atoms with Crippen LogP contribution in [0.25, 0.3) is 5.69 Å². The molecule has 0 saturated heterocycles. The second-order valence-electron chi connectivity index (χ2n) is 5.19. The molecule has 1 atom stereocenters. The third kappa shape index (κ3) is 3.29. The van der Waals surface area contributed by atoms with E-state index in [0.717, 1.165) is 5.69 Å². The predicted molar refractivity (Wildman–Crippen MR) is 81.9 cm³/mol. The highest BCUT2D eigenvalue weighted by atomic mass is 16.5. The SMILES string of the molecule is CN(Cc1ccon1)[C@H](C(=O)O)c1ccc(-n2cccn2)cc1. The van der Waals surface area contributed by atoms with E-state index in [1.807, 2.05) is 24.4 Å². The van der Waals surface area contributed by atoms with Gasteiger partial charge in [-0.2, -0.15) is 5.10 Å². The van der Waals surface area contributed by atoms with E-state index in [9.17, 15) is 9.90 Å². The van der Waals surface area contributed by atoms with Gasteiger partial charge in [0.1, 0.15) is 12.3 Å². The van der Waals surface area contributed by atoms with Gasteiger partial charge in [-0.3, -0.25) is 9.69 Å². The van der Waals surface area contributed by atoms with Crippen molar-refractivity contribution in [2.75, 3.05) is 7.05 Å².